The van der Waals surface area contributed by atoms with Crippen molar-refractivity contribution in [2.24, 2.45) is 5.41 Å². The van der Waals surface area contributed by atoms with Crippen LogP contribution in [-0.4, -0.2) is 10.8 Å². The van der Waals surface area contributed by atoms with Crippen LogP contribution in [0.4, 0.5) is 0 Å². The molecule has 0 spiro atoms. The molecule has 2 nitrogen and oxygen atoms in total. The molecule has 1 heterocycles. The summed E-state index contributed by atoms with van der Waals surface area (Å²) in [7, 11) is 0. The van der Waals surface area contributed by atoms with Gasteiger partial charge in [-0.25, -0.2) is 0 Å². The molecule has 0 aromatic carbocycles. The first-order chi connectivity index (χ1) is 7.12. The van der Waals surface area contributed by atoms with E-state index in [0.29, 0.717) is 0 Å². The number of nitrogens with zero attached hydrogens (tertiary/aromatic N) is 1. The number of carbonyl (C=O) groups is 1. The molecule has 1 aromatic rings. The van der Waals surface area contributed by atoms with Gasteiger partial charge < -0.3 is 0 Å². The summed E-state index contributed by atoms with van der Waals surface area (Å²) in [6.07, 6.45) is 1.72. The van der Waals surface area contributed by atoms with Gasteiger partial charge in [-0.3, -0.25) is 9.78 Å². The molecule has 0 aliphatic carbocycles. The van der Waals surface area contributed by atoms with E-state index in [9.17, 15) is 4.79 Å². The van der Waals surface area contributed by atoms with Gasteiger partial charge in [0.1, 0.15) is 0 Å². The van der Waals surface area contributed by atoms with Crippen LogP contribution >= 0.6 is 0 Å². The summed E-state index contributed by atoms with van der Waals surface area (Å²) in [4.78, 5) is 16.4. The number of carbonyl (C=O) groups excluding carboxylic acids is 1. The highest BCUT2D eigenvalue weighted by Crippen LogP contribution is 2.24. The average Bonchev–Trinajstić information content (AvgIpc) is 2.14. The molecule has 1 rings (SSSR count). The molecule has 0 unspecified atom stereocenters. The Hall–Kier alpha value is -1.18. The van der Waals surface area contributed by atoms with Crippen molar-refractivity contribution < 1.29 is 4.79 Å². The monoisotopic (exact) mass is 219 g/mol. The average molecular weight is 219 g/mol. The van der Waals surface area contributed by atoms with E-state index < -0.39 is 0 Å². The molecule has 88 valence electrons. The Kier molecular flexibility index (Phi) is 3.22. The Morgan fingerprint density at radius 1 is 1.12 bits per heavy atom. The topological polar surface area (TPSA) is 30.0 Å². The lowest BCUT2D eigenvalue weighted by Gasteiger charge is -2.20. The van der Waals surface area contributed by atoms with E-state index in [2.05, 4.69) is 25.8 Å². The highest BCUT2D eigenvalue weighted by molar-refractivity contribution is 5.99. The van der Waals surface area contributed by atoms with Crippen molar-refractivity contribution in [1.29, 1.82) is 0 Å². The van der Waals surface area contributed by atoms with Gasteiger partial charge in [0.15, 0.2) is 5.78 Å². The minimum atomic E-state index is -0.337. The van der Waals surface area contributed by atoms with E-state index in [0.717, 1.165) is 11.3 Å². The van der Waals surface area contributed by atoms with Crippen molar-refractivity contribution in [1.82, 2.24) is 4.98 Å². The molecule has 1 aromatic heterocycles. The summed E-state index contributed by atoms with van der Waals surface area (Å²) in [6, 6.07) is 3.70. The van der Waals surface area contributed by atoms with Gasteiger partial charge in [0.2, 0.25) is 0 Å². The minimum Gasteiger partial charge on any atom is -0.294 e. The zero-order valence-corrected chi connectivity index (χ0v) is 11.1. The molecular formula is C14H21NO. The third-order valence-corrected chi connectivity index (χ3v) is 2.47. The van der Waals surface area contributed by atoms with E-state index in [1.807, 2.05) is 26.8 Å². The Bertz CT molecular complexity index is 394. The Morgan fingerprint density at radius 3 is 2.12 bits per heavy atom. The number of aromatic nitrogens is 1. The lowest BCUT2D eigenvalue weighted by molar-refractivity contribution is 0.0858. The highest BCUT2D eigenvalue weighted by Gasteiger charge is 2.24. The van der Waals surface area contributed by atoms with Crippen molar-refractivity contribution >= 4 is 5.78 Å². The predicted molar refractivity (Wildman–Crippen MR) is 66.7 cm³/mol. The van der Waals surface area contributed by atoms with Crippen LogP contribution in [0.1, 0.15) is 57.6 Å². The van der Waals surface area contributed by atoms with Gasteiger partial charge >= 0.3 is 0 Å². The molecule has 0 saturated heterocycles. The van der Waals surface area contributed by atoms with Crippen LogP contribution in [0, 0.1) is 5.41 Å². The van der Waals surface area contributed by atoms with Crippen LogP contribution in [0.5, 0.6) is 0 Å². The van der Waals surface area contributed by atoms with Crippen LogP contribution < -0.4 is 0 Å². The van der Waals surface area contributed by atoms with Gasteiger partial charge in [-0.05, 0) is 12.1 Å². The van der Waals surface area contributed by atoms with Gasteiger partial charge in [0.05, 0.1) is 0 Å². The second-order valence-electron chi connectivity index (χ2n) is 6.26. The summed E-state index contributed by atoms with van der Waals surface area (Å²) in [5.41, 5.74) is 1.36. The largest absolute Gasteiger partial charge is 0.294 e. The molecular weight excluding hydrogens is 198 g/mol. The molecule has 0 bridgehead atoms. The molecule has 0 aliphatic rings. The summed E-state index contributed by atoms with van der Waals surface area (Å²) in [5, 5.41) is 0. The number of hydrogen-bond acceptors (Lipinski definition) is 2. The molecule has 0 radical (unpaired) electrons. The second-order valence-corrected chi connectivity index (χ2v) is 6.26. The van der Waals surface area contributed by atoms with Crippen molar-refractivity contribution in [3.05, 3.63) is 29.6 Å². The molecule has 0 atom stereocenters. The van der Waals surface area contributed by atoms with Crippen molar-refractivity contribution in [2.75, 3.05) is 0 Å². The van der Waals surface area contributed by atoms with Gasteiger partial charge in [0.25, 0.3) is 0 Å². The van der Waals surface area contributed by atoms with E-state index in [1.165, 1.54) is 0 Å². The quantitative estimate of drug-likeness (QED) is 0.675. The first kappa shape index (κ1) is 12.9. The maximum Gasteiger partial charge on any atom is 0.168 e. The summed E-state index contributed by atoms with van der Waals surface area (Å²) in [6.45, 7) is 12.1. The summed E-state index contributed by atoms with van der Waals surface area (Å²) < 4.78 is 0. The zero-order valence-electron chi connectivity index (χ0n) is 11.1. The molecule has 0 aliphatic heterocycles. The molecule has 16 heavy (non-hydrogen) atoms. The van der Waals surface area contributed by atoms with Crippen LogP contribution in [0.3, 0.4) is 0 Å². The SMILES string of the molecule is CC(C)(C)C(=O)c1ccnc(C(C)(C)C)c1. The van der Waals surface area contributed by atoms with Gasteiger partial charge in [-0.15, -0.1) is 0 Å². The molecule has 0 amide bonds. The number of hydrogen-bond donors (Lipinski definition) is 0. The highest BCUT2D eigenvalue weighted by atomic mass is 16.1. The Labute approximate surface area is 98.1 Å². The number of Topliss-reactive ketones (excluding diaryl/α,β-unsaturated/α-hetero) is 1. The maximum absolute atomic E-state index is 12.1. The lowest BCUT2D eigenvalue weighted by Crippen LogP contribution is -2.21. The van der Waals surface area contributed by atoms with Gasteiger partial charge in [-0.2, -0.15) is 0 Å². The molecule has 0 fully saturated rings. The van der Waals surface area contributed by atoms with Crippen molar-refractivity contribution in [2.45, 2.75) is 47.0 Å². The van der Waals surface area contributed by atoms with Crippen LogP contribution in [0.2, 0.25) is 0 Å². The molecule has 2 heteroatoms. The third-order valence-electron chi connectivity index (χ3n) is 2.47. The lowest BCUT2D eigenvalue weighted by atomic mass is 9.84. The fraction of sp³-hybridized carbons (Fsp3) is 0.571. The number of pyridine rings is 1. The molecule has 0 saturated carbocycles. The fourth-order valence-corrected chi connectivity index (χ4v) is 1.41. The minimum absolute atomic E-state index is 0.0197. The van der Waals surface area contributed by atoms with E-state index in [-0.39, 0.29) is 16.6 Å². The van der Waals surface area contributed by atoms with Gasteiger partial charge in [0, 0.05) is 28.3 Å². The van der Waals surface area contributed by atoms with Crippen LogP contribution in [0.15, 0.2) is 18.3 Å². The first-order valence-electron chi connectivity index (χ1n) is 5.64. The van der Waals surface area contributed by atoms with Gasteiger partial charge in [-0.1, -0.05) is 41.5 Å². The summed E-state index contributed by atoms with van der Waals surface area (Å²) in [5.74, 6) is 0.167. The zero-order chi connectivity index (χ0) is 12.6. The Morgan fingerprint density at radius 2 is 1.69 bits per heavy atom. The van der Waals surface area contributed by atoms with E-state index >= 15 is 0 Å². The van der Waals surface area contributed by atoms with E-state index in [1.54, 1.807) is 12.3 Å². The predicted octanol–water partition coefficient (Wildman–Crippen LogP) is 3.61. The maximum atomic E-state index is 12.1. The van der Waals surface area contributed by atoms with Crippen LogP contribution in [-0.2, 0) is 5.41 Å². The van der Waals surface area contributed by atoms with Crippen molar-refractivity contribution in [3.63, 3.8) is 0 Å². The third kappa shape index (κ3) is 2.91. The second kappa shape index (κ2) is 4.00. The van der Waals surface area contributed by atoms with Crippen molar-refractivity contribution in [3.8, 4) is 0 Å². The molecule has 0 N–H and O–H groups in total. The number of ketones is 1. The number of rotatable bonds is 1. The smallest absolute Gasteiger partial charge is 0.168 e. The standard InChI is InChI=1S/C14H21NO/c1-13(2,3)11-9-10(7-8-15-11)12(16)14(4,5)6/h7-9H,1-6H3. The van der Waals surface area contributed by atoms with Crippen LogP contribution in [0.25, 0.3) is 0 Å². The Balaban J connectivity index is 3.14. The van der Waals surface area contributed by atoms with E-state index in [4.69, 9.17) is 0 Å². The first-order valence-corrected chi connectivity index (χ1v) is 5.64. The normalized spacial score (nSPS) is 12.6. The fourth-order valence-electron chi connectivity index (χ4n) is 1.41. The summed E-state index contributed by atoms with van der Waals surface area (Å²) >= 11 is 0.